The van der Waals surface area contributed by atoms with Gasteiger partial charge in [0, 0.05) is 18.7 Å². The van der Waals surface area contributed by atoms with Crippen LogP contribution in [-0.2, 0) is 30.6 Å². The summed E-state index contributed by atoms with van der Waals surface area (Å²) >= 11 is 1.41. The first kappa shape index (κ1) is 31.3. The third kappa shape index (κ3) is 7.50. The minimum atomic E-state index is -0.207. The summed E-state index contributed by atoms with van der Waals surface area (Å²) in [5.41, 5.74) is 5.27. The molecule has 0 atom stereocenters. The number of amides is 2. The third-order valence-corrected chi connectivity index (χ3v) is 9.22. The summed E-state index contributed by atoms with van der Waals surface area (Å²) in [4.78, 5) is 28.3. The van der Waals surface area contributed by atoms with Crippen molar-refractivity contribution in [2.24, 2.45) is 5.92 Å². The Kier molecular flexibility index (Phi) is 10.7. The molecule has 0 saturated carbocycles. The zero-order chi connectivity index (χ0) is 30.9. The number of para-hydroxylation sites is 1. The Morgan fingerprint density at radius 3 is 2.23 bits per heavy atom. The number of benzene rings is 3. The maximum absolute atomic E-state index is 13.3. The van der Waals surface area contributed by atoms with Crippen LogP contribution in [-0.4, -0.2) is 57.4 Å². The fourth-order valence-electron chi connectivity index (χ4n) is 5.79. The van der Waals surface area contributed by atoms with E-state index >= 15 is 0 Å². The highest BCUT2D eigenvalue weighted by Crippen LogP contribution is 2.29. The summed E-state index contributed by atoms with van der Waals surface area (Å²) < 4.78 is 7.25. The van der Waals surface area contributed by atoms with Crippen molar-refractivity contribution in [3.8, 4) is 11.4 Å². The number of piperidine rings is 1. The molecule has 44 heavy (non-hydrogen) atoms. The van der Waals surface area contributed by atoms with E-state index in [0.717, 1.165) is 50.9 Å². The number of ether oxygens (including phenoxy) is 1. The smallest absolute Gasteiger partial charge is 0.251 e. The number of carbonyl (C=O) groups excluding carboxylic acids is 2. The van der Waals surface area contributed by atoms with Gasteiger partial charge in [0.25, 0.3) is 5.91 Å². The van der Waals surface area contributed by atoms with E-state index in [1.54, 1.807) is 31.4 Å². The molecule has 1 aromatic heterocycles. The Morgan fingerprint density at radius 2 is 1.59 bits per heavy atom. The molecule has 9 heteroatoms. The second-order valence-corrected chi connectivity index (χ2v) is 12.0. The molecular formula is C35H41N5O3S. The Labute approximate surface area is 264 Å². The lowest BCUT2D eigenvalue weighted by Crippen LogP contribution is -2.39. The van der Waals surface area contributed by atoms with Gasteiger partial charge in [0.2, 0.25) is 5.91 Å². The van der Waals surface area contributed by atoms with E-state index in [-0.39, 0.29) is 24.1 Å². The van der Waals surface area contributed by atoms with Gasteiger partial charge in [-0.05, 0) is 79.0 Å². The molecule has 0 bridgehead atoms. The number of likely N-dealkylation sites (tertiary alicyclic amines) is 1. The summed E-state index contributed by atoms with van der Waals surface area (Å²) in [7, 11) is 1.60. The number of aryl methyl sites for hydroxylation is 2. The molecule has 1 aliphatic heterocycles. The molecule has 1 fully saturated rings. The molecule has 8 nitrogen and oxygen atoms in total. The van der Waals surface area contributed by atoms with Crippen molar-refractivity contribution >= 4 is 23.6 Å². The molecule has 0 spiro atoms. The van der Waals surface area contributed by atoms with E-state index in [9.17, 15) is 9.59 Å². The highest BCUT2D eigenvalue weighted by atomic mass is 32.2. The second-order valence-electron chi connectivity index (χ2n) is 11.1. The van der Waals surface area contributed by atoms with Gasteiger partial charge in [0.15, 0.2) is 11.0 Å². The van der Waals surface area contributed by atoms with E-state index in [0.29, 0.717) is 28.2 Å². The van der Waals surface area contributed by atoms with Crippen LogP contribution in [0, 0.1) is 5.92 Å². The van der Waals surface area contributed by atoms with E-state index in [1.165, 1.54) is 28.5 Å². The predicted molar refractivity (Wildman–Crippen MR) is 174 cm³/mol. The van der Waals surface area contributed by atoms with Crippen LogP contribution in [0.15, 0.2) is 78.0 Å². The van der Waals surface area contributed by atoms with E-state index in [4.69, 9.17) is 4.74 Å². The summed E-state index contributed by atoms with van der Waals surface area (Å²) in [5.74, 6) is 2.12. The highest BCUT2D eigenvalue weighted by Gasteiger charge is 2.25. The monoisotopic (exact) mass is 611 g/mol. The summed E-state index contributed by atoms with van der Waals surface area (Å²) in [6, 6.07) is 23.9. The Morgan fingerprint density at radius 1 is 0.909 bits per heavy atom. The Bertz CT molecular complexity index is 1520. The van der Waals surface area contributed by atoms with Crippen LogP contribution >= 0.6 is 11.8 Å². The van der Waals surface area contributed by atoms with Gasteiger partial charge in [-0.3, -0.25) is 14.2 Å². The number of thioether (sulfide) groups is 1. The molecule has 1 aliphatic rings. The second kappa shape index (κ2) is 15.1. The lowest BCUT2D eigenvalue weighted by atomic mass is 9.90. The number of methoxy groups -OCH3 is 1. The molecule has 2 heterocycles. The van der Waals surface area contributed by atoms with Gasteiger partial charge in [-0.25, -0.2) is 0 Å². The summed E-state index contributed by atoms with van der Waals surface area (Å²) in [6.45, 7) is 6.02. The Balaban J connectivity index is 1.29. The van der Waals surface area contributed by atoms with Crippen LogP contribution < -0.4 is 10.1 Å². The maximum atomic E-state index is 13.3. The van der Waals surface area contributed by atoms with Crippen molar-refractivity contribution in [3.63, 3.8) is 0 Å². The first-order valence-electron chi connectivity index (χ1n) is 15.4. The molecule has 4 aromatic rings. The van der Waals surface area contributed by atoms with Crippen molar-refractivity contribution in [3.05, 3.63) is 101 Å². The van der Waals surface area contributed by atoms with E-state index in [2.05, 4.69) is 77.9 Å². The number of nitrogens with one attached hydrogen (secondary N) is 1. The summed E-state index contributed by atoms with van der Waals surface area (Å²) in [6.07, 6.45) is 4.77. The number of carbonyl (C=O) groups is 2. The molecule has 1 saturated heterocycles. The molecular weight excluding hydrogens is 570 g/mol. The van der Waals surface area contributed by atoms with Gasteiger partial charge in [-0.1, -0.05) is 74.1 Å². The van der Waals surface area contributed by atoms with Gasteiger partial charge in [-0.2, -0.15) is 0 Å². The quantitative estimate of drug-likeness (QED) is 0.201. The SMILES string of the molecule is CCc1cccc(CC)c1-n1c(CNC(=O)c2ccc(OC)cc2)nnc1SCC(=O)N1CCC(Cc2ccccc2)CC1. The van der Waals surface area contributed by atoms with Crippen LogP contribution in [0.25, 0.3) is 5.69 Å². The van der Waals surface area contributed by atoms with Crippen LogP contribution in [0.1, 0.15) is 59.6 Å². The molecule has 0 aliphatic carbocycles. The van der Waals surface area contributed by atoms with Crippen molar-refractivity contribution in [1.29, 1.82) is 0 Å². The number of hydrogen-bond donors (Lipinski definition) is 1. The van der Waals surface area contributed by atoms with Crippen LogP contribution in [0.2, 0.25) is 0 Å². The average Bonchev–Trinajstić information content (AvgIpc) is 3.48. The van der Waals surface area contributed by atoms with Gasteiger partial charge in [-0.15, -0.1) is 10.2 Å². The van der Waals surface area contributed by atoms with Crippen molar-refractivity contribution in [2.45, 2.75) is 57.7 Å². The highest BCUT2D eigenvalue weighted by molar-refractivity contribution is 7.99. The number of aromatic nitrogens is 3. The van der Waals surface area contributed by atoms with Gasteiger partial charge in [0.05, 0.1) is 25.1 Å². The molecule has 1 N–H and O–H groups in total. The Hall–Kier alpha value is -4.11. The van der Waals surface area contributed by atoms with Crippen molar-refractivity contribution < 1.29 is 14.3 Å². The van der Waals surface area contributed by atoms with E-state index < -0.39 is 0 Å². The van der Waals surface area contributed by atoms with Gasteiger partial charge >= 0.3 is 0 Å². The predicted octanol–water partition coefficient (Wildman–Crippen LogP) is 5.90. The van der Waals surface area contributed by atoms with Crippen LogP contribution in [0.5, 0.6) is 5.75 Å². The first-order valence-corrected chi connectivity index (χ1v) is 16.4. The largest absolute Gasteiger partial charge is 0.497 e. The molecule has 2 amide bonds. The number of hydrogen-bond acceptors (Lipinski definition) is 6. The average molecular weight is 612 g/mol. The topological polar surface area (TPSA) is 89.4 Å². The molecule has 3 aromatic carbocycles. The van der Waals surface area contributed by atoms with Crippen LogP contribution in [0.4, 0.5) is 0 Å². The van der Waals surface area contributed by atoms with Gasteiger partial charge in [0.1, 0.15) is 5.75 Å². The lowest BCUT2D eigenvalue weighted by molar-refractivity contribution is -0.129. The third-order valence-electron chi connectivity index (χ3n) is 8.31. The molecule has 0 unspecified atom stereocenters. The number of rotatable bonds is 12. The fourth-order valence-corrected chi connectivity index (χ4v) is 6.65. The number of nitrogens with zero attached hydrogens (tertiary/aromatic N) is 4. The van der Waals surface area contributed by atoms with Gasteiger partial charge < -0.3 is 15.0 Å². The van der Waals surface area contributed by atoms with Crippen LogP contribution in [0.3, 0.4) is 0 Å². The fraction of sp³-hybridized carbons (Fsp3) is 0.371. The minimum Gasteiger partial charge on any atom is -0.497 e. The molecule has 5 rings (SSSR count). The van der Waals surface area contributed by atoms with Crippen molar-refractivity contribution in [2.75, 3.05) is 26.0 Å². The van der Waals surface area contributed by atoms with E-state index in [1.807, 2.05) is 9.47 Å². The minimum absolute atomic E-state index is 0.122. The normalized spacial score (nSPS) is 13.6. The molecule has 230 valence electrons. The first-order chi connectivity index (χ1) is 21.5. The van der Waals surface area contributed by atoms with Crippen molar-refractivity contribution in [1.82, 2.24) is 25.0 Å². The summed E-state index contributed by atoms with van der Waals surface area (Å²) in [5, 5.41) is 12.7. The lowest BCUT2D eigenvalue weighted by Gasteiger charge is -2.32. The molecule has 0 radical (unpaired) electrons. The maximum Gasteiger partial charge on any atom is 0.251 e. The standard InChI is InChI=1S/C35H41N5O3S/c1-4-27-12-9-13-28(5-2)33(27)40-31(23-36-34(42)29-14-16-30(43-3)17-15-29)37-38-35(40)44-24-32(41)39-20-18-26(19-21-39)22-25-10-7-6-8-11-25/h6-17,26H,4-5,18-24H2,1-3H3,(H,36,42). The zero-order valence-corrected chi connectivity index (χ0v) is 26.6. The zero-order valence-electron chi connectivity index (χ0n) is 25.8.